The predicted molar refractivity (Wildman–Crippen MR) is 148 cm³/mol. The minimum absolute atomic E-state index is 0.278. The number of fused-ring (bicyclic) bond motifs is 1. The number of rotatable bonds is 5. The quantitative estimate of drug-likeness (QED) is 0.527. The number of hydrogen-bond acceptors (Lipinski definition) is 8. The van der Waals surface area contributed by atoms with E-state index in [1.807, 2.05) is 6.20 Å². The summed E-state index contributed by atoms with van der Waals surface area (Å²) in [6.07, 6.45) is 15.8. The molecule has 3 heterocycles. The van der Waals surface area contributed by atoms with Gasteiger partial charge in [-0.2, -0.15) is 9.67 Å². The van der Waals surface area contributed by atoms with Crippen molar-refractivity contribution in [1.82, 2.24) is 29.6 Å². The molecule has 0 spiro atoms. The fourth-order valence-electron chi connectivity index (χ4n) is 6.12. The zero-order valence-corrected chi connectivity index (χ0v) is 21.8. The SMILES string of the molecule is Nc1nc(Nc2ccc(N3CCN(C4CCCCC4)CC3)cc2)nn1-c1ncc2c(n1)CCCCCC2. The van der Waals surface area contributed by atoms with Crippen LogP contribution >= 0.6 is 0 Å². The second-order valence-corrected chi connectivity index (χ2v) is 10.7. The van der Waals surface area contributed by atoms with Gasteiger partial charge in [0.1, 0.15) is 0 Å². The Morgan fingerprint density at radius 2 is 1.54 bits per heavy atom. The lowest BCUT2D eigenvalue weighted by Gasteiger charge is -2.41. The van der Waals surface area contributed by atoms with Gasteiger partial charge in [-0.1, -0.05) is 32.1 Å². The second kappa shape index (κ2) is 11.0. The minimum atomic E-state index is 0.278. The molecule has 2 fully saturated rings. The number of piperazine rings is 1. The molecule has 3 aromatic rings. The van der Waals surface area contributed by atoms with Crippen LogP contribution in [-0.4, -0.2) is 61.9 Å². The monoisotopic (exact) mass is 501 g/mol. The summed E-state index contributed by atoms with van der Waals surface area (Å²) < 4.78 is 1.53. The largest absolute Gasteiger partial charge is 0.369 e. The highest BCUT2D eigenvalue weighted by molar-refractivity contribution is 5.60. The van der Waals surface area contributed by atoms with E-state index in [1.54, 1.807) is 0 Å². The number of nitrogens with one attached hydrogen (secondary N) is 1. The van der Waals surface area contributed by atoms with E-state index in [2.05, 4.69) is 54.4 Å². The first-order valence-electron chi connectivity index (χ1n) is 14.2. The molecule has 1 aliphatic heterocycles. The number of nitrogens with two attached hydrogens (primary N) is 1. The fraction of sp³-hybridized carbons (Fsp3) is 0.571. The molecule has 1 saturated heterocycles. The summed E-state index contributed by atoms with van der Waals surface area (Å²) in [6.45, 7) is 4.51. The van der Waals surface area contributed by atoms with Crippen molar-refractivity contribution >= 4 is 23.3 Å². The van der Waals surface area contributed by atoms with Crippen molar-refractivity contribution < 1.29 is 0 Å². The Morgan fingerprint density at radius 1 is 0.811 bits per heavy atom. The van der Waals surface area contributed by atoms with Crippen LogP contribution in [0.25, 0.3) is 5.95 Å². The van der Waals surface area contributed by atoms with Crippen LogP contribution in [0, 0.1) is 0 Å². The van der Waals surface area contributed by atoms with E-state index in [9.17, 15) is 0 Å². The van der Waals surface area contributed by atoms with Gasteiger partial charge in [-0.05, 0) is 68.4 Å². The summed E-state index contributed by atoms with van der Waals surface area (Å²) in [7, 11) is 0. The van der Waals surface area contributed by atoms with Crippen molar-refractivity contribution in [3.8, 4) is 5.95 Å². The van der Waals surface area contributed by atoms with E-state index in [1.165, 1.54) is 67.3 Å². The average Bonchev–Trinajstić information content (AvgIpc) is 3.29. The number of aryl methyl sites for hydroxylation is 2. The molecule has 9 heteroatoms. The summed E-state index contributed by atoms with van der Waals surface area (Å²) in [4.78, 5) is 19.0. The highest BCUT2D eigenvalue weighted by Crippen LogP contribution is 2.26. The van der Waals surface area contributed by atoms with Crippen molar-refractivity contribution in [3.63, 3.8) is 0 Å². The first-order chi connectivity index (χ1) is 18.2. The Morgan fingerprint density at radius 3 is 2.32 bits per heavy atom. The predicted octanol–water partition coefficient (Wildman–Crippen LogP) is 4.50. The summed E-state index contributed by atoms with van der Waals surface area (Å²) >= 11 is 0. The third kappa shape index (κ3) is 5.56. The number of aromatic nitrogens is 5. The van der Waals surface area contributed by atoms with E-state index < -0.39 is 0 Å². The highest BCUT2D eigenvalue weighted by atomic mass is 15.5. The maximum absolute atomic E-state index is 6.20. The standard InChI is InChI=1S/C28H39N9/c29-26-33-27(34-37(26)28-30-20-21-8-4-1-2-7-11-25(21)32-28)31-22-12-14-24(15-13-22)36-18-16-35(17-19-36)23-9-5-3-6-10-23/h12-15,20,23H,1-11,16-19H2,(H3,29,31,33,34). The molecule has 0 unspecified atom stereocenters. The maximum atomic E-state index is 6.20. The molecule has 0 atom stereocenters. The van der Waals surface area contributed by atoms with Crippen LogP contribution in [0.15, 0.2) is 30.5 Å². The van der Waals surface area contributed by atoms with Crippen molar-refractivity contribution in [1.29, 1.82) is 0 Å². The van der Waals surface area contributed by atoms with Gasteiger partial charge in [0.25, 0.3) is 5.95 Å². The lowest BCUT2D eigenvalue weighted by Crippen LogP contribution is -2.50. The number of nitrogens with zero attached hydrogens (tertiary/aromatic N) is 7. The molecule has 0 bridgehead atoms. The van der Waals surface area contributed by atoms with Gasteiger partial charge < -0.3 is 16.0 Å². The van der Waals surface area contributed by atoms with E-state index in [0.29, 0.717) is 11.9 Å². The third-order valence-electron chi connectivity index (χ3n) is 8.27. The first-order valence-corrected chi connectivity index (χ1v) is 14.2. The Bertz CT molecular complexity index is 1170. The smallest absolute Gasteiger partial charge is 0.254 e. The van der Waals surface area contributed by atoms with Crippen LogP contribution in [-0.2, 0) is 12.8 Å². The van der Waals surface area contributed by atoms with Gasteiger partial charge in [0.2, 0.25) is 11.9 Å². The molecule has 1 saturated carbocycles. The number of nitrogen functional groups attached to an aromatic ring is 1. The van der Waals surface area contributed by atoms with Gasteiger partial charge in [0.15, 0.2) is 0 Å². The fourth-order valence-corrected chi connectivity index (χ4v) is 6.12. The minimum Gasteiger partial charge on any atom is -0.369 e. The molecule has 2 aliphatic carbocycles. The molecule has 2 aromatic heterocycles. The van der Waals surface area contributed by atoms with Crippen LogP contribution in [0.2, 0.25) is 0 Å². The Balaban J connectivity index is 1.09. The van der Waals surface area contributed by atoms with E-state index in [-0.39, 0.29) is 5.95 Å². The van der Waals surface area contributed by atoms with Crippen molar-refractivity contribution in [2.75, 3.05) is 42.1 Å². The normalized spacial score (nSPS) is 19.7. The molecule has 3 aliphatic rings. The molecular weight excluding hydrogens is 462 g/mol. The molecule has 6 rings (SSSR count). The van der Waals surface area contributed by atoms with Gasteiger partial charge in [0.05, 0.1) is 0 Å². The molecule has 3 N–H and O–H groups in total. The van der Waals surface area contributed by atoms with Crippen LogP contribution in [0.4, 0.5) is 23.3 Å². The van der Waals surface area contributed by atoms with Crippen LogP contribution in [0.3, 0.4) is 0 Å². The Hall–Kier alpha value is -3.20. The van der Waals surface area contributed by atoms with Crippen molar-refractivity contribution in [2.24, 2.45) is 0 Å². The average molecular weight is 502 g/mol. The Kier molecular flexibility index (Phi) is 7.21. The van der Waals surface area contributed by atoms with Gasteiger partial charge in [-0.3, -0.25) is 4.90 Å². The molecule has 1 aromatic carbocycles. The zero-order valence-electron chi connectivity index (χ0n) is 21.8. The maximum Gasteiger partial charge on any atom is 0.254 e. The Labute approximate surface area is 219 Å². The van der Waals surface area contributed by atoms with Crippen molar-refractivity contribution in [2.45, 2.75) is 76.7 Å². The molecule has 196 valence electrons. The molecule has 9 nitrogen and oxygen atoms in total. The van der Waals surface area contributed by atoms with Crippen LogP contribution in [0.5, 0.6) is 0 Å². The van der Waals surface area contributed by atoms with Gasteiger partial charge in [0, 0.05) is 55.5 Å². The summed E-state index contributed by atoms with van der Waals surface area (Å²) in [6, 6.07) is 9.33. The molecular formula is C28H39N9. The zero-order chi connectivity index (χ0) is 25.0. The summed E-state index contributed by atoms with van der Waals surface area (Å²) in [5, 5.41) is 7.85. The summed E-state index contributed by atoms with van der Waals surface area (Å²) in [5.41, 5.74) is 10.8. The highest BCUT2D eigenvalue weighted by Gasteiger charge is 2.25. The lowest BCUT2D eigenvalue weighted by atomic mass is 9.94. The van der Waals surface area contributed by atoms with E-state index >= 15 is 0 Å². The van der Waals surface area contributed by atoms with Gasteiger partial charge >= 0.3 is 0 Å². The van der Waals surface area contributed by atoms with Crippen molar-refractivity contribution in [3.05, 3.63) is 41.7 Å². The lowest BCUT2D eigenvalue weighted by molar-refractivity contribution is 0.148. The van der Waals surface area contributed by atoms with Gasteiger partial charge in [-0.25, -0.2) is 9.97 Å². The van der Waals surface area contributed by atoms with E-state index in [0.717, 1.165) is 62.9 Å². The first kappa shape index (κ1) is 24.2. The van der Waals surface area contributed by atoms with Crippen LogP contribution in [0.1, 0.15) is 69.0 Å². The number of anilines is 4. The van der Waals surface area contributed by atoms with E-state index in [4.69, 9.17) is 10.7 Å². The topological polar surface area (TPSA) is 101 Å². The third-order valence-corrected chi connectivity index (χ3v) is 8.27. The van der Waals surface area contributed by atoms with Crippen LogP contribution < -0.4 is 16.0 Å². The molecule has 37 heavy (non-hydrogen) atoms. The second-order valence-electron chi connectivity index (χ2n) is 10.7. The number of benzene rings is 1. The summed E-state index contributed by atoms with van der Waals surface area (Å²) in [5.74, 6) is 1.21. The molecule has 0 radical (unpaired) electrons. The molecule has 0 amide bonds. The van der Waals surface area contributed by atoms with Gasteiger partial charge in [-0.15, -0.1) is 5.10 Å². The number of hydrogen-bond donors (Lipinski definition) is 2.